The molecule has 11 rings (SSSR count). The third-order valence-electron chi connectivity index (χ3n) is 14.4. The summed E-state index contributed by atoms with van der Waals surface area (Å²) in [5.74, 6) is 0.344. The van der Waals surface area contributed by atoms with E-state index >= 15 is 0 Å². The molecule has 68 heavy (non-hydrogen) atoms. The topological polar surface area (TPSA) is 29.3 Å². The van der Waals surface area contributed by atoms with Crippen molar-refractivity contribution in [2.45, 2.75) is 58.8 Å². The molecule has 2 N–H and O–H groups in total. The lowest BCUT2D eigenvalue weighted by Crippen LogP contribution is -2.19. The molecule has 0 aliphatic heterocycles. The number of nitrogens with zero attached hydrogens (tertiary/aromatic N) is 1. The largest absolute Gasteiger partial charge is 0.399 e. The van der Waals surface area contributed by atoms with Crippen LogP contribution in [0.5, 0.6) is 0 Å². The number of anilines is 4. The van der Waals surface area contributed by atoms with E-state index < -0.39 is 0 Å². The monoisotopic (exact) mass is 880 g/mol. The summed E-state index contributed by atoms with van der Waals surface area (Å²) < 4.78 is 0. The van der Waals surface area contributed by atoms with Crippen LogP contribution in [0.25, 0.3) is 39.0 Å². The van der Waals surface area contributed by atoms with Gasteiger partial charge in [-0.25, -0.2) is 0 Å². The number of allylic oxidation sites excluding steroid dienone is 8. The first-order valence-corrected chi connectivity index (χ1v) is 24.1. The van der Waals surface area contributed by atoms with Gasteiger partial charge in [-0.3, -0.25) is 0 Å². The molecule has 3 aliphatic carbocycles. The van der Waals surface area contributed by atoms with Crippen LogP contribution in [0.1, 0.15) is 72.9 Å². The van der Waals surface area contributed by atoms with Crippen LogP contribution >= 0.6 is 0 Å². The molecule has 0 fully saturated rings. The van der Waals surface area contributed by atoms with Crippen LogP contribution in [-0.2, 0) is 5.41 Å². The van der Waals surface area contributed by atoms with Gasteiger partial charge in [-0.05, 0) is 142 Å². The number of benzene rings is 8. The van der Waals surface area contributed by atoms with E-state index in [1.807, 2.05) is 31.2 Å². The highest BCUT2D eigenvalue weighted by molar-refractivity contribution is 5.86. The number of rotatable bonds is 8. The number of aryl methyl sites for hydroxylation is 2. The highest BCUT2D eigenvalue weighted by Gasteiger charge is 2.37. The Bertz CT molecular complexity index is 3170. The Hall–Kier alpha value is -7.68. The van der Waals surface area contributed by atoms with Crippen LogP contribution in [0.3, 0.4) is 0 Å². The minimum absolute atomic E-state index is 0.0200. The van der Waals surface area contributed by atoms with Gasteiger partial charge in [0, 0.05) is 39.5 Å². The maximum Gasteiger partial charge on any atom is 0.0465 e. The van der Waals surface area contributed by atoms with Crippen molar-refractivity contribution in [3.8, 4) is 33.4 Å². The third-order valence-corrected chi connectivity index (χ3v) is 14.4. The Morgan fingerprint density at radius 1 is 0.500 bits per heavy atom. The molecule has 0 saturated heterocycles. The van der Waals surface area contributed by atoms with Crippen LogP contribution < -0.4 is 10.6 Å². The van der Waals surface area contributed by atoms with Crippen molar-refractivity contribution < 1.29 is 0 Å². The smallest absolute Gasteiger partial charge is 0.0465 e. The molecule has 334 valence electrons. The van der Waals surface area contributed by atoms with Crippen molar-refractivity contribution in [1.29, 1.82) is 0 Å². The lowest BCUT2D eigenvalue weighted by molar-refractivity contribution is 0.523. The molecule has 2 atom stereocenters. The van der Waals surface area contributed by atoms with Crippen molar-refractivity contribution >= 4 is 28.3 Å². The summed E-state index contributed by atoms with van der Waals surface area (Å²) in [6.45, 7) is 11.4. The SMILES string of the molecule is Cc1ccc(N(c2ccc(-c3ccc(-c4ccccc4)cc3)cc2)c2ccc3c(c2)C(C)(C)c2cc(C4C=C(C5(C)C=CC(c6ccccc6)=CC5)C=CC4)ccc2-3)cc1.Cc1ccc(N)cc1. The Morgan fingerprint density at radius 2 is 1.00 bits per heavy atom. The molecule has 3 aliphatic rings. The molecule has 2 nitrogen and oxygen atoms in total. The molecule has 8 aromatic rings. The molecule has 0 saturated carbocycles. The first-order chi connectivity index (χ1) is 33.0. The number of hydrogen-bond donors (Lipinski definition) is 1. The van der Waals surface area contributed by atoms with Crippen LogP contribution in [0.15, 0.2) is 236 Å². The summed E-state index contributed by atoms with van der Waals surface area (Å²) in [4.78, 5) is 2.41. The molecule has 0 aromatic heterocycles. The zero-order valence-electron chi connectivity index (χ0n) is 40.0. The van der Waals surface area contributed by atoms with E-state index in [1.54, 1.807) is 0 Å². The fraction of sp³-hybridized carbons (Fsp3) is 0.152. The molecule has 0 spiro atoms. The average molecular weight is 881 g/mol. The third kappa shape index (κ3) is 8.95. The fourth-order valence-electron chi connectivity index (χ4n) is 10.2. The van der Waals surface area contributed by atoms with E-state index in [2.05, 4.69) is 239 Å². The second-order valence-corrected chi connectivity index (χ2v) is 19.6. The second kappa shape index (κ2) is 18.5. The molecular formula is C66H60N2. The Balaban J connectivity index is 0.000000613. The van der Waals surface area contributed by atoms with E-state index in [0.29, 0.717) is 5.92 Å². The van der Waals surface area contributed by atoms with Gasteiger partial charge in [-0.2, -0.15) is 0 Å². The van der Waals surface area contributed by atoms with Gasteiger partial charge >= 0.3 is 0 Å². The molecule has 0 bridgehead atoms. The van der Waals surface area contributed by atoms with Gasteiger partial charge in [0.1, 0.15) is 0 Å². The summed E-state index contributed by atoms with van der Waals surface area (Å²) in [6.07, 6.45) is 16.5. The summed E-state index contributed by atoms with van der Waals surface area (Å²) in [5.41, 5.74) is 27.8. The molecule has 8 aromatic carbocycles. The molecular weight excluding hydrogens is 821 g/mol. The minimum Gasteiger partial charge on any atom is -0.399 e. The summed E-state index contributed by atoms with van der Waals surface area (Å²) in [7, 11) is 0. The van der Waals surface area contributed by atoms with Crippen molar-refractivity contribution in [1.82, 2.24) is 0 Å². The van der Waals surface area contributed by atoms with Gasteiger partial charge in [-0.1, -0.05) is 214 Å². The number of nitrogens with two attached hydrogens (primary N) is 1. The first kappa shape index (κ1) is 44.2. The standard InChI is InChI=1S/C59H51N.C7H9N/c1-41-18-27-51(28-19-41)60(52-29-24-46(25-30-52)45-22-20-44(21-23-45)42-12-7-5-8-13-42)53-31-33-55-54-32-26-49(39-56(54)58(2,3)57(55)40-53)48-16-11-17-50(38-48)59(4)36-34-47(35-37-59)43-14-9-6-10-15-43;1-6-2-4-7(8)5-3-6/h5-15,17-36,38-40,48H,16,37H2,1-4H3;2-5H,8H2,1H3. The molecule has 0 amide bonds. The maximum atomic E-state index is 5.43. The lowest BCUT2D eigenvalue weighted by Gasteiger charge is -2.33. The number of nitrogen functional groups attached to an aromatic ring is 1. The maximum absolute atomic E-state index is 5.43. The van der Waals surface area contributed by atoms with E-state index in [0.717, 1.165) is 29.9 Å². The molecule has 2 unspecified atom stereocenters. The Labute approximate surface area is 404 Å². The van der Waals surface area contributed by atoms with E-state index in [4.69, 9.17) is 5.73 Å². The second-order valence-electron chi connectivity index (χ2n) is 19.6. The number of hydrogen-bond acceptors (Lipinski definition) is 2. The van der Waals surface area contributed by atoms with Gasteiger partial charge in [-0.15, -0.1) is 0 Å². The summed E-state index contributed by atoms with van der Waals surface area (Å²) in [6, 6.07) is 70.4. The molecule has 2 heteroatoms. The van der Waals surface area contributed by atoms with E-state index in [9.17, 15) is 0 Å². The molecule has 0 radical (unpaired) electrons. The first-order valence-electron chi connectivity index (χ1n) is 24.1. The highest BCUT2D eigenvalue weighted by Crippen LogP contribution is 2.52. The normalized spacial score (nSPS) is 17.5. The van der Waals surface area contributed by atoms with Crippen molar-refractivity contribution in [2.75, 3.05) is 10.6 Å². The number of fused-ring (bicyclic) bond motifs is 3. The zero-order chi connectivity index (χ0) is 46.8. The Kier molecular flexibility index (Phi) is 12.0. The Morgan fingerprint density at radius 3 is 1.57 bits per heavy atom. The predicted molar refractivity (Wildman–Crippen MR) is 291 cm³/mol. The van der Waals surface area contributed by atoms with E-state index in [1.165, 1.54) is 83.6 Å². The average Bonchev–Trinajstić information content (AvgIpc) is 3.61. The van der Waals surface area contributed by atoms with Crippen LogP contribution in [0, 0.1) is 19.3 Å². The van der Waals surface area contributed by atoms with Crippen LogP contribution in [-0.4, -0.2) is 0 Å². The zero-order valence-corrected chi connectivity index (χ0v) is 40.0. The van der Waals surface area contributed by atoms with Crippen molar-refractivity contribution in [2.24, 2.45) is 5.41 Å². The fourth-order valence-corrected chi connectivity index (χ4v) is 10.2. The van der Waals surface area contributed by atoms with Crippen molar-refractivity contribution in [3.05, 3.63) is 270 Å². The van der Waals surface area contributed by atoms with Gasteiger partial charge in [0.05, 0.1) is 0 Å². The van der Waals surface area contributed by atoms with Crippen LogP contribution in [0.4, 0.5) is 22.7 Å². The minimum atomic E-state index is -0.154. The van der Waals surface area contributed by atoms with Gasteiger partial charge < -0.3 is 10.6 Å². The van der Waals surface area contributed by atoms with Crippen LogP contribution in [0.2, 0.25) is 0 Å². The van der Waals surface area contributed by atoms with Crippen molar-refractivity contribution in [3.63, 3.8) is 0 Å². The van der Waals surface area contributed by atoms with Gasteiger partial charge in [0.25, 0.3) is 0 Å². The highest BCUT2D eigenvalue weighted by atomic mass is 15.1. The van der Waals surface area contributed by atoms with Gasteiger partial charge in [0.2, 0.25) is 0 Å². The van der Waals surface area contributed by atoms with E-state index in [-0.39, 0.29) is 10.8 Å². The van der Waals surface area contributed by atoms with Gasteiger partial charge in [0.15, 0.2) is 0 Å². The summed E-state index contributed by atoms with van der Waals surface area (Å²) >= 11 is 0. The lowest BCUT2D eigenvalue weighted by atomic mass is 9.71. The summed E-state index contributed by atoms with van der Waals surface area (Å²) in [5, 5.41) is 0. The quantitative estimate of drug-likeness (QED) is 0.154. The predicted octanol–water partition coefficient (Wildman–Crippen LogP) is 17.7. The molecule has 0 heterocycles.